The van der Waals surface area contributed by atoms with Gasteiger partial charge >= 0.3 is 5.97 Å². The van der Waals surface area contributed by atoms with Crippen molar-refractivity contribution in [2.75, 3.05) is 13.7 Å². The van der Waals surface area contributed by atoms with E-state index in [0.717, 1.165) is 47.6 Å². The molecular weight excluding hydrogens is 402 g/mol. The van der Waals surface area contributed by atoms with Crippen LogP contribution in [-0.2, 0) is 11.4 Å². The maximum atomic E-state index is 12.1. The minimum atomic E-state index is -0.764. The third-order valence-corrected chi connectivity index (χ3v) is 6.01. The summed E-state index contributed by atoms with van der Waals surface area (Å²) in [5.41, 5.74) is 3.17. The lowest BCUT2D eigenvalue weighted by Gasteiger charge is -2.39. The van der Waals surface area contributed by atoms with Gasteiger partial charge in [0.05, 0.1) is 13.2 Å². The van der Waals surface area contributed by atoms with Gasteiger partial charge in [-0.05, 0) is 60.3 Å². The predicted octanol–water partition coefficient (Wildman–Crippen LogP) is 5.30. The van der Waals surface area contributed by atoms with Crippen LogP contribution in [0.3, 0.4) is 0 Å². The summed E-state index contributed by atoms with van der Waals surface area (Å²) in [5.74, 6) is 0.786. The van der Waals surface area contributed by atoms with Gasteiger partial charge in [0, 0.05) is 0 Å². The van der Waals surface area contributed by atoms with Gasteiger partial charge in [-0.25, -0.2) is 0 Å². The Kier molecular flexibility index (Phi) is 7.07. The fraction of sp³-hybridized carbons (Fsp3) is 0.296. The third-order valence-electron chi connectivity index (χ3n) is 6.01. The standard InChI is InChI=1S/C27H29NO4/c1-31-23-15-13-21(14-16-23)26(28-17-6-5-12-25(28)27(29)30)22-10-7-11-24(18-22)32-19-20-8-3-2-4-9-20/h2-4,7-11,13-16,18,25-26H,5-6,12,17,19H2,1H3,(H,29,30). The van der Waals surface area contributed by atoms with Crippen LogP contribution in [0.1, 0.15) is 42.0 Å². The summed E-state index contributed by atoms with van der Waals surface area (Å²) < 4.78 is 11.4. The second-order valence-corrected chi connectivity index (χ2v) is 8.11. The summed E-state index contributed by atoms with van der Waals surface area (Å²) in [6.07, 6.45) is 2.58. The van der Waals surface area contributed by atoms with E-state index in [-0.39, 0.29) is 6.04 Å². The SMILES string of the molecule is COc1ccc(C(c2cccc(OCc3ccccc3)c2)N2CCCCC2C(=O)O)cc1. The fourth-order valence-electron chi connectivity index (χ4n) is 4.41. The summed E-state index contributed by atoms with van der Waals surface area (Å²) in [6, 6.07) is 25.3. The quantitative estimate of drug-likeness (QED) is 0.524. The van der Waals surface area contributed by atoms with E-state index in [0.29, 0.717) is 13.0 Å². The van der Waals surface area contributed by atoms with Crippen molar-refractivity contribution in [2.24, 2.45) is 0 Å². The number of hydrogen-bond donors (Lipinski definition) is 1. The molecular formula is C27H29NO4. The molecule has 2 atom stereocenters. The molecule has 1 aliphatic rings. The van der Waals surface area contributed by atoms with Crippen LogP contribution in [-0.4, -0.2) is 35.7 Å². The second kappa shape index (κ2) is 10.3. The van der Waals surface area contributed by atoms with Crippen LogP contribution in [0.4, 0.5) is 0 Å². The highest BCUT2D eigenvalue weighted by Crippen LogP contribution is 2.36. The third kappa shape index (κ3) is 5.11. The van der Waals surface area contributed by atoms with Crippen molar-refractivity contribution >= 4 is 5.97 Å². The molecule has 166 valence electrons. The smallest absolute Gasteiger partial charge is 0.320 e. The average molecular weight is 432 g/mol. The number of nitrogens with zero attached hydrogens (tertiary/aromatic N) is 1. The number of hydrogen-bond acceptors (Lipinski definition) is 4. The minimum absolute atomic E-state index is 0.178. The Balaban J connectivity index is 1.66. The maximum absolute atomic E-state index is 12.1. The molecule has 32 heavy (non-hydrogen) atoms. The highest BCUT2D eigenvalue weighted by molar-refractivity contribution is 5.73. The number of benzene rings is 3. The van der Waals surface area contributed by atoms with E-state index < -0.39 is 12.0 Å². The van der Waals surface area contributed by atoms with Gasteiger partial charge in [-0.2, -0.15) is 0 Å². The number of ether oxygens (including phenoxy) is 2. The Labute approximate surface area is 189 Å². The molecule has 0 spiro atoms. The fourth-order valence-corrected chi connectivity index (χ4v) is 4.41. The van der Waals surface area contributed by atoms with Crippen LogP contribution in [0.2, 0.25) is 0 Å². The van der Waals surface area contributed by atoms with E-state index in [9.17, 15) is 9.90 Å². The van der Waals surface area contributed by atoms with E-state index in [1.165, 1.54) is 0 Å². The number of carboxylic acids is 1. The monoisotopic (exact) mass is 431 g/mol. The zero-order chi connectivity index (χ0) is 22.3. The molecule has 1 fully saturated rings. The van der Waals surface area contributed by atoms with Crippen LogP contribution in [0.5, 0.6) is 11.5 Å². The maximum Gasteiger partial charge on any atom is 0.320 e. The number of likely N-dealkylation sites (tertiary alicyclic amines) is 1. The molecule has 0 bridgehead atoms. The van der Waals surface area contributed by atoms with E-state index in [2.05, 4.69) is 11.0 Å². The van der Waals surface area contributed by atoms with Gasteiger partial charge in [0.15, 0.2) is 0 Å². The lowest BCUT2D eigenvalue weighted by atomic mass is 9.91. The molecule has 0 aromatic heterocycles. The Morgan fingerprint density at radius 3 is 2.47 bits per heavy atom. The van der Waals surface area contributed by atoms with Crippen molar-refractivity contribution in [1.29, 1.82) is 0 Å². The molecule has 1 saturated heterocycles. The second-order valence-electron chi connectivity index (χ2n) is 8.11. The zero-order valence-electron chi connectivity index (χ0n) is 18.3. The highest BCUT2D eigenvalue weighted by Gasteiger charge is 2.35. The Morgan fingerprint density at radius 1 is 0.969 bits per heavy atom. The first-order valence-electron chi connectivity index (χ1n) is 11.0. The van der Waals surface area contributed by atoms with Crippen molar-refractivity contribution in [2.45, 2.75) is 38.0 Å². The van der Waals surface area contributed by atoms with Gasteiger partial charge < -0.3 is 14.6 Å². The molecule has 3 aromatic carbocycles. The van der Waals surface area contributed by atoms with Crippen molar-refractivity contribution in [1.82, 2.24) is 4.90 Å². The average Bonchev–Trinajstić information content (AvgIpc) is 2.84. The topological polar surface area (TPSA) is 59.0 Å². The molecule has 5 heteroatoms. The molecule has 0 aliphatic carbocycles. The number of aliphatic carboxylic acids is 1. The lowest BCUT2D eigenvalue weighted by Crippen LogP contribution is -2.46. The van der Waals surface area contributed by atoms with Crippen LogP contribution in [0.15, 0.2) is 78.9 Å². The molecule has 0 saturated carbocycles. The minimum Gasteiger partial charge on any atom is -0.497 e. The summed E-state index contributed by atoms with van der Waals surface area (Å²) in [7, 11) is 1.64. The summed E-state index contributed by atoms with van der Waals surface area (Å²) in [4.78, 5) is 14.2. The first-order valence-corrected chi connectivity index (χ1v) is 11.0. The van der Waals surface area contributed by atoms with Crippen LogP contribution in [0, 0.1) is 0 Å². The van der Waals surface area contributed by atoms with Gasteiger partial charge in [-0.15, -0.1) is 0 Å². The molecule has 0 radical (unpaired) electrons. The number of rotatable bonds is 8. The lowest BCUT2D eigenvalue weighted by molar-refractivity contribution is -0.145. The Morgan fingerprint density at radius 2 is 1.75 bits per heavy atom. The highest BCUT2D eigenvalue weighted by atomic mass is 16.5. The Hall–Kier alpha value is -3.31. The van der Waals surface area contributed by atoms with Crippen molar-refractivity contribution < 1.29 is 19.4 Å². The molecule has 1 N–H and O–H groups in total. The summed E-state index contributed by atoms with van der Waals surface area (Å²) >= 11 is 0. The van der Waals surface area contributed by atoms with E-state index in [1.807, 2.05) is 72.8 Å². The predicted molar refractivity (Wildman–Crippen MR) is 124 cm³/mol. The number of carbonyl (C=O) groups is 1. The first-order chi connectivity index (χ1) is 15.7. The first kappa shape index (κ1) is 21.9. The molecule has 0 amide bonds. The number of methoxy groups -OCH3 is 1. The summed E-state index contributed by atoms with van der Waals surface area (Å²) in [5, 5.41) is 9.91. The van der Waals surface area contributed by atoms with Gasteiger partial charge in [-0.1, -0.05) is 61.0 Å². The van der Waals surface area contributed by atoms with E-state index in [4.69, 9.17) is 9.47 Å². The van der Waals surface area contributed by atoms with E-state index in [1.54, 1.807) is 7.11 Å². The number of carboxylic acid groups (broad SMARTS) is 1. The normalized spacial score (nSPS) is 17.5. The van der Waals surface area contributed by atoms with Crippen LogP contribution < -0.4 is 9.47 Å². The van der Waals surface area contributed by atoms with Gasteiger partial charge in [-0.3, -0.25) is 9.69 Å². The van der Waals surface area contributed by atoms with Gasteiger partial charge in [0.25, 0.3) is 0 Å². The molecule has 1 aliphatic heterocycles. The van der Waals surface area contributed by atoms with Crippen LogP contribution >= 0.6 is 0 Å². The molecule has 3 aromatic rings. The Bertz CT molecular complexity index is 1020. The molecule has 5 nitrogen and oxygen atoms in total. The molecule has 4 rings (SSSR count). The van der Waals surface area contributed by atoms with Crippen molar-refractivity contribution in [3.8, 4) is 11.5 Å². The van der Waals surface area contributed by atoms with Crippen LogP contribution in [0.25, 0.3) is 0 Å². The molecule has 1 heterocycles. The number of piperidine rings is 1. The van der Waals surface area contributed by atoms with Gasteiger partial charge in [0.1, 0.15) is 24.1 Å². The van der Waals surface area contributed by atoms with Gasteiger partial charge in [0.2, 0.25) is 0 Å². The van der Waals surface area contributed by atoms with Crippen molar-refractivity contribution in [3.63, 3.8) is 0 Å². The molecule has 2 unspecified atom stereocenters. The largest absolute Gasteiger partial charge is 0.497 e. The van der Waals surface area contributed by atoms with Crippen molar-refractivity contribution in [3.05, 3.63) is 95.6 Å². The zero-order valence-corrected chi connectivity index (χ0v) is 18.3. The van der Waals surface area contributed by atoms with E-state index >= 15 is 0 Å². The summed E-state index contributed by atoms with van der Waals surface area (Å²) in [6.45, 7) is 1.22.